The summed E-state index contributed by atoms with van der Waals surface area (Å²) >= 11 is 0. The Kier molecular flexibility index (Phi) is 13.2. The van der Waals surface area contributed by atoms with Gasteiger partial charge < -0.3 is 20.4 Å². The SMILES string of the molecule is CNO.Cl.[C-]#[N+]c1cccc(-c2ccc3c(c2)C(=NC#N)C2(CCOc4ccccc4C2)C3)c1.[C-]#[N+]c1cccc(-c2ccc3c(c2)C2(N=C(N)N(C)O2)C2(CCOc4ccccc4C2)C3)c1. The van der Waals surface area contributed by atoms with Crippen molar-refractivity contribution in [1.29, 1.82) is 5.26 Å². The van der Waals surface area contributed by atoms with Gasteiger partial charge in [0.05, 0.1) is 32.1 Å². The maximum Gasteiger partial charge on any atom is 0.221 e. The van der Waals surface area contributed by atoms with Crippen LogP contribution >= 0.6 is 12.4 Å². The number of nitriles is 1. The van der Waals surface area contributed by atoms with Crippen LogP contribution < -0.4 is 20.7 Å². The van der Waals surface area contributed by atoms with Crippen molar-refractivity contribution in [2.24, 2.45) is 26.5 Å². The Hall–Kier alpha value is -7.50. The normalized spacial score (nSPS) is 21.9. The summed E-state index contributed by atoms with van der Waals surface area (Å²) in [6.07, 6.45) is 6.93. The van der Waals surface area contributed by atoms with Crippen LogP contribution in [0.25, 0.3) is 31.9 Å². The maximum absolute atomic E-state index is 9.48. The molecule has 0 amide bonds. The van der Waals surface area contributed by atoms with E-state index in [9.17, 15) is 5.26 Å². The van der Waals surface area contributed by atoms with E-state index in [1.807, 2.05) is 85.9 Å². The fourth-order valence-electron chi connectivity index (χ4n) is 10.4. The van der Waals surface area contributed by atoms with Crippen molar-refractivity contribution < 1.29 is 19.5 Å². The van der Waals surface area contributed by atoms with Gasteiger partial charge in [-0.1, -0.05) is 97.1 Å². The first-order chi connectivity index (χ1) is 32.2. The lowest BCUT2D eigenvalue weighted by atomic mass is 9.71. The van der Waals surface area contributed by atoms with Crippen LogP contribution in [0.4, 0.5) is 11.4 Å². The van der Waals surface area contributed by atoms with Gasteiger partial charge in [0, 0.05) is 36.1 Å². The predicted octanol–water partition coefficient (Wildman–Crippen LogP) is 10.6. The van der Waals surface area contributed by atoms with E-state index in [0.717, 1.165) is 89.1 Å². The van der Waals surface area contributed by atoms with Gasteiger partial charge in [0.1, 0.15) is 11.5 Å². The van der Waals surface area contributed by atoms with Crippen LogP contribution in [0.2, 0.25) is 0 Å². The Morgan fingerprint density at radius 3 is 1.85 bits per heavy atom. The number of guanidine groups is 1. The second kappa shape index (κ2) is 19.1. The molecule has 12 nitrogen and oxygen atoms in total. The van der Waals surface area contributed by atoms with Crippen LogP contribution in [0.3, 0.4) is 0 Å². The van der Waals surface area contributed by atoms with E-state index < -0.39 is 5.72 Å². The number of hydrogen-bond donors (Lipinski definition) is 3. The third-order valence-electron chi connectivity index (χ3n) is 13.4. The molecule has 3 heterocycles. The number of halogens is 1. The lowest BCUT2D eigenvalue weighted by Gasteiger charge is -2.40. The van der Waals surface area contributed by atoms with E-state index in [4.69, 9.17) is 43.4 Å². The quantitative estimate of drug-likeness (QED) is 0.0884. The minimum absolute atomic E-state index is 0. The van der Waals surface area contributed by atoms with Crippen molar-refractivity contribution >= 4 is 35.5 Å². The Bertz CT molecular complexity index is 3040. The largest absolute Gasteiger partial charge is 0.493 e. The summed E-state index contributed by atoms with van der Waals surface area (Å²) in [5.74, 6) is 2.24. The molecule has 3 aliphatic heterocycles. The first-order valence-corrected chi connectivity index (χ1v) is 21.9. The monoisotopic (exact) mass is 908 g/mol. The van der Waals surface area contributed by atoms with E-state index in [0.29, 0.717) is 30.5 Å². The summed E-state index contributed by atoms with van der Waals surface area (Å²) in [6.45, 7) is 15.8. The van der Waals surface area contributed by atoms with E-state index in [-0.39, 0.29) is 23.2 Å². The minimum Gasteiger partial charge on any atom is -0.493 e. The summed E-state index contributed by atoms with van der Waals surface area (Å²) < 4.78 is 12.1. The second-order valence-corrected chi connectivity index (χ2v) is 17.2. The molecule has 11 rings (SSSR count). The zero-order valence-corrected chi connectivity index (χ0v) is 38.0. The molecule has 0 bridgehead atoms. The summed E-state index contributed by atoms with van der Waals surface area (Å²) in [5, 5.41) is 18.4. The highest BCUT2D eigenvalue weighted by Gasteiger charge is 2.63. The molecule has 0 saturated carbocycles. The second-order valence-electron chi connectivity index (χ2n) is 17.2. The average Bonchev–Trinajstić information content (AvgIpc) is 3.76. The lowest BCUT2D eigenvalue weighted by Crippen LogP contribution is -2.45. The standard InChI is InChI=1S/C27H24N4O2.C26H19N3O.CH5NO.ClH/c1-29-22-8-5-7-18(14-22)19-10-11-20-16-26(12-13-32-24-9-4-3-6-21(24)17-26)27(23(20)15-19)30-25(28)31(2)33-27;1-28-22-7-4-6-18(13-22)19-9-10-20-15-26(25(29-17-27)23(20)14-19)11-12-30-24-8-3-2-5-21(24)16-26;1-2-3;/h3-11,14-15H,12-13,16-17H2,2H3,(H2,28,30);2-10,13-14H,11-12,15-16H2;2-3H,1H3;1H. The number of nitrogens with two attached hydrogens (primary N) is 1. The van der Waals surface area contributed by atoms with E-state index in [1.165, 1.54) is 29.3 Å². The molecule has 67 heavy (non-hydrogen) atoms. The molecule has 0 fully saturated rings. The van der Waals surface area contributed by atoms with Gasteiger partial charge in [-0.15, -0.1) is 12.4 Å². The highest BCUT2D eigenvalue weighted by Crippen LogP contribution is 2.60. The topological polar surface area (TPSA) is 146 Å². The van der Waals surface area contributed by atoms with Crippen LogP contribution in [0.5, 0.6) is 11.5 Å². The molecule has 336 valence electrons. The number of rotatable bonds is 2. The molecule has 13 heteroatoms. The number of benzene rings is 6. The molecule has 0 radical (unpaired) electrons. The molecule has 6 aromatic rings. The first kappa shape index (κ1) is 46.0. The molecule has 4 N–H and O–H groups in total. The molecular weight excluding hydrogens is 860 g/mol. The summed E-state index contributed by atoms with van der Waals surface area (Å²) in [6, 6.07) is 44.5. The number of nitrogens with zero attached hydrogens (tertiary/aromatic N) is 6. The number of fused-ring (bicyclic) bond motifs is 6. The summed E-state index contributed by atoms with van der Waals surface area (Å²) in [5.41, 5.74) is 19.6. The van der Waals surface area contributed by atoms with Crippen LogP contribution in [0, 0.1) is 35.4 Å². The lowest BCUT2D eigenvalue weighted by molar-refractivity contribution is -0.223. The average molecular weight is 909 g/mol. The highest BCUT2D eigenvalue weighted by molar-refractivity contribution is 6.10. The molecule has 6 aromatic carbocycles. The molecule has 0 saturated heterocycles. The number of nitrogens with one attached hydrogen (secondary N) is 1. The molecule has 3 atom stereocenters. The maximum atomic E-state index is 9.48. The van der Waals surface area contributed by atoms with Crippen molar-refractivity contribution in [3.05, 3.63) is 190 Å². The van der Waals surface area contributed by atoms with Crippen LogP contribution in [-0.2, 0) is 36.2 Å². The Morgan fingerprint density at radius 2 is 1.25 bits per heavy atom. The van der Waals surface area contributed by atoms with Crippen molar-refractivity contribution in [1.82, 2.24) is 10.5 Å². The number of ether oxygens (including phenoxy) is 2. The van der Waals surface area contributed by atoms with Crippen molar-refractivity contribution in [2.75, 3.05) is 27.3 Å². The van der Waals surface area contributed by atoms with Gasteiger partial charge in [-0.05, 0) is 119 Å². The number of hydroxylamine groups is 3. The Morgan fingerprint density at radius 1 is 0.716 bits per heavy atom. The van der Waals surface area contributed by atoms with Crippen molar-refractivity contribution in [3.63, 3.8) is 0 Å². The fraction of sp³-hybridized carbons (Fsp3) is 0.241. The van der Waals surface area contributed by atoms with Gasteiger partial charge in [-0.25, -0.2) is 30.1 Å². The van der Waals surface area contributed by atoms with Crippen molar-refractivity contribution in [2.45, 2.75) is 44.2 Å². The Balaban J connectivity index is 0.000000170. The van der Waals surface area contributed by atoms with Gasteiger partial charge in [0.25, 0.3) is 0 Å². The van der Waals surface area contributed by atoms with Crippen LogP contribution in [0.1, 0.15) is 46.2 Å². The molecule has 3 unspecified atom stereocenters. The third kappa shape index (κ3) is 8.47. The zero-order chi connectivity index (χ0) is 45.9. The Labute approximate surface area is 397 Å². The number of hydrogen-bond acceptors (Lipinski definition) is 10. The zero-order valence-electron chi connectivity index (χ0n) is 37.2. The van der Waals surface area contributed by atoms with Crippen molar-refractivity contribution in [3.8, 4) is 39.9 Å². The first-order valence-electron chi connectivity index (χ1n) is 21.9. The van der Waals surface area contributed by atoms with Crippen LogP contribution in [-0.4, -0.2) is 49.3 Å². The van der Waals surface area contributed by atoms with Gasteiger partial charge >= 0.3 is 0 Å². The summed E-state index contributed by atoms with van der Waals surface area (Å²) in [7, 11) is 3.24. The molecule has 2 aliphatic carbocycles. The van der Waals surface area contributed by atoms with Gasteiger partial charge in [-0.3, -0.25) is 0 Å². The number of para-hydroxylation sites is 2. The molecule has 0 aromatic heterocycles. The summed E-state index contributed by atoms with van der Waals surface area (Å²) in [4.78, 5) is 23.0. The minimum atomic E-state index is -0.921. The van der Waals surface area contributed by atoms with Gasteiger partial charge in [-0.2, -0.15) is 10.3 Å². The smallest absolute Gasteiger partial charge is 0.221 e. The fourth-order valence-corrected chi connectivity index (χ4v) is 10.4. The molecule has 3 spiro atoms. The van der Waals surface area contributed by atoms with Gasteiger partial charge in [0.15, 0.2) is 11.4 Å². The highest BCUT2D eigenvalue weighted by atomic mass is 35.5. The molecule has 5 aliphatic rings. The predicted molar refractivity (Wildman–Crippen MR) is 261 cm³/mol. The third-order valence-corrected chi connectivity index (χ3v) is 13.4. The van der Waals surface area contributed by atoms with E-state index in [2.05, 4.69) is 75.5 Å². The van der Waals surface area contributed by atoms with E-state index in [1.54, 1.807) is 10.5 Å². The number of aliphatic imine (C=N–C) groups is 2. The van der Waals surface area contributed by atoms with Gasteiger partial charge in [0.2, 0.25) is 17.9 Å². The van der Waals surface area contributed by atoms with E-state index >= 15 is 0 Å². The molecular formula is C54H49ClN8O4. The van der Waals surface area contributed by atoms with Crippen LogP contribution in [0.15, 0.2) is 143 Å².